The molecule has 0 aliphatic heterocycles. The van der Waals surface area contributed by atoms with Gasteiger partial charge in [-0.3, -0.25) is 4.79 Å². The van der Waals surface area contributed by atoms with E-state index in [0.717, 1.165) is 11.3 Å². The molecule has 0 saturated carbocycles. The van der Waals surface area contributed by atoms with Gasteiger partial charge in [0.05, 0.1) is 11.1 Å². The van der Waals surface area contributed by atoms with Crippen LogP contribution in [0.3, 0.4) is 0 Å². The van der Waals surface area contributed by atoms with Crippen molar-refractivity contribution in [2.24, 2.45) is 7.05 Å². The summed E-state index contributed by atoms with van der Waals surface area (Å²) in [5.74, 6) is 0.548. The number of aromatic nitrogens is 3. The van der Waals surface area contributed by atoms with Crippen LogP contribution in [0.15, 0.2) is 39.6 Å². The Hall–Kier alpha value is -2.69. The summed E-state index contributed by atoms with van der Waals surface area (Å²) in [5, 5.41) is 8.68. The molecule has 2 heterocycles. The Morgan fingerprint density at radius 1 is 1.20 bits per heavy atom. The van der Waals surface area contributed by atoms with Crippen molar-refractivity contribution in [2.75, 3.05) is 0 Å². The van der Waals surface area contributed by atoms with Crippen LogP contribution in [0, 0.1) is 6.92 Å². The van der Waals surface area contributed by atoms with Gasteiger partial charge in [-0.05, 0) is 18.6 Å². The molecule has 5 heteroatoms. The number of hydrogen-bond donors (Lipinski definition) is 0. The van der Waals surface area contributed by atoms with Crippen LogP contribution >= 0.6 is 0 Å². The summed E-state index contributed by atoms with van der Waals surface area (Å²) in [7, 11) is 1.60. The molecule has 0 atom stereocenters. The normalized spacial score (nSPS) is 11.5. The maximum absolute atomic E-state index is 11.9. The number of nitrogens with zero attached hydrogens (tertiary/aromatic N) is 3. The second-order valence-corrected chi connectivity index (χ2v) is 4.53. The molecular formula is C15H13N3O2. The van der Waals surface area contributed by atoms with Crippen LogP contribution in [0.25, 0.3) is 23.1 Å². The number of hydrogen-bond acceptors (Lipinski definition) is 4. The number of benzene rings is 1. The summed E-state index contributed by atoms with van der Waals surface area (Å²) in [5.41, 5.74) is 1.82. The Balaban J connectivity index is 2.12. The van der Waals surface area contributed by atoms with Gasteiger partial charge >= 0.3 is 0 Å². The van der Waals surface area contributed by atoms with E-state index in [1.54, 1.807) is 13.1 Å². The summed E-state index contributed by atoms with van der Waals surface area (Å²) in [6.07, 6.45) is 3.72. The van der Waals surface area contributed by atoms with E-state index >= 15 is 0 Å². The maximum Gasteiger partial charge on any atom is 0.296 e. The van der Waals surface area contributed by atoms with E-state index in [1.807, 2.05) is 43.3 Å². The lowest BCUT2D eigenvalue weighted by Gasteiger charge is -1.98. The lowest BCUT2D eigenvalue weighted by molar-refractivity contribution is 0.420. The molecule has 0 N–H and O–H groups in total. The first-order valence-electron chi connectivity index (χ1n) is 6.23. The predicted molar refractivity (Wildman–Crippen MR) is 77.2 cm³/mol. The molecule has 0 amide bonds. The minimum atomic E-state index is -0.256. The van der Waals surface area contributed by atoms with E-state index in [4.69, 9.17) is 4.52 Å². The molecule has 20 heavy (non-hydrogen) atoms. The van der Waals surface area contributed by atoms with Crippen molar-refractivity contribution >= 4 is 23.1 Å². The SMILES string of the molecule is Cc1nn(C)c(=O)c2noc(/C=C/c3ccccc3)c12. The van der Waals surface area contributed by atoms with Crippen molar-refractivity contribution in [2.45, 2.75) is 6.92 Å². The average Bonchev–Trinajstić information content (AvgIpc) is 2.88. The highest BCUT2D eigenvalue weighted by molar-refractivity contribution is 5.89. The highest BCUT2D eigenvalue weighted by Gasteiger charge is 2.14. The minimum absolute atomic E-state index is 0.256. The Kier molecular flexibility index (Phi) is 2.95. The molecule has 0 radical (unpaired) electrons. The molecule has 0 aliphatic carbocycles. The Morgan fingerprint density at radius 2 is 1.95 bits per heavy atom. The number of aryl methyl sites for hydroxylation is 2. The molecule has 0 unspecified atom stereocenters. The second kappa shape index (κ2) is 4.77. The highest BCUT2D eigenvalue weighted by Crippen LogP contribution is 2.20. The molecule has 0 spiro atoms. The van der Waals surface area contributed by atoms with E-state index in [-0.39, 0.29) is 5.56 Å². The third-order valence-electron chi connectivity index (χ3n) is 3.10. The van der Waals surface area contributed by atoms with Gasteiger partial charge in [-0.1, -0.05) is 41.6 Å². The second-order valence-electron chi connectivity index (χ2n) is 4.53. The zero-order valence-electron chi connectivity index (χ0n) is 11.2. The topological polar surface area (TPSA) is 60.9 Å². The first kappa shape index (κ1) is 12.3. The number of rotatable bonds is 2. The van der Waals surface area contributed by atoms with E-state index in [1.165, 1.54) is 4.68 Å². The highest BCUT2D eigenvalue weighted by atomic mass is 16.5. The van der Waals surface area contributed by atoms with Crippen LogP contribution in [0.5, 0.6) is 0 Å². The smallest absolute Gasteiger partial charge is 0.296 e. The number of fused-ring (bicyclic) bond motifs is 1. The molecule has 0 bridgehead atoms. The predicted octanol–water partition coefficient (Wildman–Crippen LogP) is 2.40. The van der Waals surface area contributed by atoms with E-state index in [0.29, 0.717) is 16.7 Å². The van der Waals surface area contributed by atoms with Crippen molar-refractivity contribution in [1.82, 2.24) is 14.9 Å². The van der Waals surface area contributed by atoms with Gasteiger partial charge in [0.15, 0.2) is 11.3 Å². The molecule has 3 aromatic rings. The van der Waals surface area contributed by atoms with Crippen LogP contribution in [0.2, 0.25) is 0 Å². The molecule has 0 saturated heterocycles. The van der Waals surface area contributed by atoms with Crippen molar-refractivity contribution in [3.05, 3.63) is 57.7 Å². The largest absolute Gasteiger partial charge is 0.355 e. The van der Waals surface area contributed by atoms with Gasteiger partial charge in [0, 0.05) is 7.05 Å². The fourth-order valence-corrected chi connectivity index (χ4v) is 2.12. The van der Waals surface area contributed by atoms with Gasteiger partial charge in [-0.25, -0.2) is 4.68 Å². The molecular weight excluding hydrogens is 254 g/mol. The molecule has 0 fully saturated rings. The van der Waals surface area contributed by atoms with Crippen LogP contribution in [-0.2, 0) is 7.05 Å². The minimum Gasteiger partial charge on any atom is -0.355 e. The van der Waals surface area contributed by atoms with Gasteiger partial charge < -0.3 is 4.52 Å². The Bertz CT molecular complexity index is 845. The van der Waals surface area contributed by atoms with Gasteiger partial charge in [-0.2, -0.15) is 5.10 Å². The van der Waals surface area contributed by atoms with Gasteiger partial charge in [0.1, 0.15) is 0 Å². The monoisotopic (exact) mass is 267 g/mol. The van der Waals surface area contributed by atoms with Crippen molar-refractivity contribution in [3.8, 4) is 0 Å². The van der Waals surface area contributed by atoms with Gasteiger partial charge in [0.2, 0.25) is 0 Å². The standard InChI is InChI=1S/C15H13N3O2/c1-10-13-12(9-8-11-6-4-3-5-7-11)20-17-14(13)15(19)18(2)16-10/h3-9H,1-2H3/b9-8+. The first-order chi connectivity index (χ1) is 9.66. The lowest BCUT2D eigenvalue weighted by Crippen LogP contribution is -2.20. The zero-order chi connectivity index (χ0) is 14.1. The molecule has 3 rings (SSSR count). The molecule has 1 aromatic carbocycles. The third kappa shape index (κ3) is 2.03. The van der Waals surface area contributed by atoms with Crippen LogP contribution in [0.4, 0.5) is 0 Å². The zero-order valence-corrected chi connectivity index (χ0v) is 11.2. The molecule has 100 valence electrons. The van der Waals surface area contributed by atoms with E-state index in [2.05, 4.69) is 10.3 Å². The average molecular weight is 267 g/mol. The Morgan fingerprint density at radius 3 is 2.70 bits per heavy atom. The van der Waals surface area contributed by atoms with E-state index in [9.17, 15) is 4.79 Å². The van der Waals surface area contributed by atoms with Crippen LogP contribution in [-0.4, -0.2) is 14.9 Å². The van der Waals surface area contributed by atoms with Gasteiger partial charge in [0.25, 0.3) is 5.56 Å². The fraction of sp³-hybridized carbons (Fsp3) is 0.133. The summed E-state index contributed by atoms with van der Waals surface area (Å²) in [6, 6.07) is 9.85. The Labute approximate surface area is 115 Å². The third-order valence-corrected chi connectivity index (χ3v) is 3.10. The first-order valence-corrected chi connectivity index (χ1v) is 6.23. The molecule has 2 aromatic heterocycles. The van der Waals surface area contributed by atoms with Gasteiger partial charge in [-0.15, -0.1) is 0 Å². The summed E-state index contributed by atoms with van der Waals surface area (Å²) < 4.78 is 6.53. The molecule has 5 nitrogen and oxygen atoms in total. The summed E-state index contributed by atoms with van der Waals surface area (Å²) in [6.45, 7) is 1.83. The van der Waals surface area contributed by atoms with E-state index < -0.39 is 0 Å². The van der Waals surface area contributed by atoms with Crippen LogP contribution < -0.4 is 5.56 Å². The summed E-state index contributed by atoms with van der Waals surface area (Å²) >= 11 is 0. The van der Waals surface area contributed by atoms with Crippen molar-refractivity contribution in [3.63, 3.8) is 0 Å². The quantitative estimate of drug-likeness (QED) is 0.715. The lowest BCUT2D eigenvalue weighted by atomic mass is 10.1. The molecule has 0 aliphatic rings. The van der Waals surface area contributed by atoms with Crippen molar-refractivity contribution in [1.29, 1.82) is 0 Å². The maximum atomic E-state index is 11.9. The summed E-state index contributed by atoms with van der Waals surface area (Å²) in [4.78, 5) is 11.9. The fourth-order valence-electron chi connectivity index (χ4n) is 2.12. The van der Waals surface area contributed by atoms with Crippen LogP contribution in [0.1, 0.15) is 17.0 Å². The van der Waals surface area contributed by atoms with Crippen molar-refractivity contribution < 1.29 is 4.52 Å².